The van der Waals surface area contributed by atoms with Gasteiger partial charge < -0.3 is 10.1 Å². The molecule has 2 atom stereocenters. The lowest BCUT2D eigenvalue weighted by Crippen LogP contribution is -2.43. The van der Waals surface area contributed by atoms with Crippen molar-refractivity contribution in [1.82, 2.24) is 0 Å². The molecule has 2 nitrogen and oxygen atoms in total. The van der Waals surface area contributed by atoms with Crippen LogP contribution in [-0.2, 0) is 0 Å². The third-order valence-electron chi connectivity index (χ3n) is 3.99. The van der Waals surface area contributed by atoms with Gasteiger partial charge in [0.05, 0.1) is 11.7 Å². The molecule has 0 amide bonds. The summed E-state index contributed by atoms with van der Waals surface area (Å²) in [5.41, 5.74) is 2.58. The van der Waals surface area contributed by atoms with Crippen LogP contribution in [0, 0.1) is 0 Å². The van der Waals surface area contributed by atoms with Gasteiger partial charge in [0.2, 0.25) is 0 Å². The molecule has 1 fully saturated rings. The van der Waals surface area contributed by atoms with Gasteiger partial charge in [0.25, 0.3) is 0 Å². The van der Waals surface area contributed by atoms with Crippen molar-refractivity contribution in [2.45, 2.75) is 57.6 Å². The lowest BCUT2D eigenvalue weighted by Gasteiger charge is -2.38. The van der Waals surface area contributed by atoms with E-state index in [1.807, 2.05) is 0 Å². The van der Waals surface area contributed by atoms with Crippen LogP contribution in [0.3, 0.4) is 0 Å². The molecule has 2 heteroatoms. The Bertz CT molecular complexity index is 413. The number of rotatable bonds is 1. The van der Waals surface area contributed by atoms with E-state index in [4.69, 9.17) is 4.74 Å². The summed E-state index contributed by atoms with van der Waals surface area (Å²) in [4.78, 5) is 0. The van der Waals surface area contributed by atoms with Gasteiger partial charge in [-0.2, -0.15) is 0 Å². The fourth-order valence-corrected chi connectivity index (χ4v) is 2.89. The van der Waals surface area contributed by atoms with Gasteiger partial charge in [-0.25, -0.2) is 0 Å². The van der Waals surface area contributed by atoms with Gasteiger partial charge in [-0.1, -0.05) is 26.3 Å². The summed E-state index contributed by atoms with van der Waals surface area (Å²) in [5.74, 6) is 1.61. The highest BCUT2D eigenvalue weighted by molar-refractivity contribution is 5.60. The highest BCUT2D eigenvalue weighted by Crippen LogP contribution is 2.37. The Morgan fingerprint density at radius 3 is 2.88 bits per heavy atom. The van der Waals surface area contributed by atoms with Crippen LogP contribution < -0.4 is 10.1 Å². The molecule has 2 aliphatic rings. The molecule has 1 saturated carbocycles. The van der Waals surface area contributed by atoms with Crippen molar-refractivity contribution in [3.63, 3.8) is 0 Å². The molecule has 17 heavy (non-hydrogen) atoms. The smallest absolute Gasteiger partial charge is 0.142 e. The maximum absolute atomic E-state index is 6.11. The zero-order valence-electron chi connectivity index (χ0n) is 10.7. The van der Waals surface area contributed by atoms with Crippen LogP contribution in [0.25, 0.3) is 0 Å². The minimum atomic E-state index is 0.390. The molecule has 0 aromatic heterocycles. The first-order valence-electron chi connectivity index (χ1n) is 6.81. The van der Waals surface area contributed by atoms with Gasteiger partial charge in [-0.05, 0) is 42.9 Å². The van der Waals surface area contributed by atoms with Gasteiger partial charge in [0.15, 0.2) is 0 Å². The van der Waals surface area contributed by atoms with Gasteiger partial charge in [-0.15, -0.1) is 0 Å². The summed E-state index contributed by atoms with van der Waals surface area (Å²) in [6.07, 6.45) is 5.47. The first kappa shape index (κ1) is 10.9. The SMILES string of the molecule is CC(C)c1ccc2c(c1)NC1CCCCC1O2. The van der Waals surface area contributed by atoms with E-state index in [0.29, 0.717) is 18.1 Å². The van der Waals surface area contributed by atoms with Crippen LogP contribution in [-0.4, -0.2) is 12.1 Å². The van der Waals surface area contributed by atoms with E-state index in [-0.39, 0.29) is 0 Å². The second kappa shape index (κ2) is 4.25. The third kappa shape index (κ3) is 2.01. The first-order valence-corrected chi connectivity index (χ1v) is 6.81. The predicted octanol–water partition coefficient (Wildman–Crippen LogP) is 3.93. The molecule has 3 rings (SSSR count). The number of benzene rings is 1. The zero-order chi connectivity index (χ0) is 11.8. The monoisotopic (exact) mass is 231 g/mol. The Balaban J connectivity index is 1.89. The molecular formula is C15H21NO. The van der Waals surface area contributed by atoms with Crippen LogP contribution in [0.4, 0.5) is 5.69 Å². The topological polar surface area (TPSA) is 21.3 Å². The van der Waals surface area contributed by atoms with Crippen molar-refractivity contribution in [3.05, 3.63) is 23.8 Å². The molecule has 1 aliphatic heterocycles. The molecule has 0 bridgehead atoms. The standard InChI is InChI=1S/C15H21NO/c1-10(2)11-7-8-15-13(9-11)16-12-5-3-4-6-14(12)17-15/h7-10,12,14,16H,3-6H2,1-2H3. The van der Waals surface area contributed by atoms with Crippen LogP contribution in [0.2, 0.25) is 0 Å². The van der Waals surface area contributed by atoms with Gasteiger partial charge >= 0.3 is 0 Å². The first-order chi connectivity index (χ1) is 8.24. The number of nitrogens with one attached hydrogen (secondary N) is 1. The number of hydrogen-bond donors (Lipinski definition) is 1. The fourth-order valence-electron chi connectivity index (χ4n) is 2.89. The second-order valence-electron chi connectivity index (χ2n) is 5.60. The highest BCUT2D eigenvalue weighted by atomic mass is 16.5. The summed E-state index contributed by atoms with van der Waals surface area (Å²) in [6, 6.07) is 7.10. The zero-order valence-corrected chi connectivity index (χ0v) is 10.7. The van der Waals surface area contributed by atoms with E-state index < -0.39 is 0 Å². The van der Waals surface area contributed by atoms with Gasteiger partial charge in [-0.3, -0.25) is 0 Å². The Labute approximate surface area is 103 Å². The number of hydrogen-bond acceptors (Lipinski definition) is 2. The van der Waals surface area contributed by atoms with E-state index in [9.17, 15) is 0 Å². The molecule has 0 spiro atoms. The van der Waals surface area contributed by atoms with Crippen molar-refractivity contribution < 1.29 is 4.74 Å². The lowest BCUT2D eigenvalue weighted by molar-refractivity contribution is 0.131. The molecule has 1 aliphatic carbocycles. The average molecular weight is 231 g/mol. The van der Waals surface area contributed by atoms with Gasteiger partial charge in [0, 0.05) is 0 Å². The van der Waals surface area contributed by atoms with Crippen LogP contribution in [0.15, 0.2) is 18.2 Å². The molecule has 0 saturated heterocycles. The molecule has 92 valence electrons. The van der Waals surface area contributed by atoms with Crippen molar-refractivity contribution >= 4 is 5.69 Å². The largest absolute Gasteiger partial charge is 0.486 e. The second-order valence-corrected chi connectivity index (χ2v) is 5.60. The summed E-state index contributed by atoms with van der Waals surface area (Å²) in [6.45, 7) is 4.46. The van der Waals surface area contributed by atoms with Crippen molar-refractivity contribution in [3.8, 4) is 5.75 Å². The average Bonchev–Trinajstić information content (AvgIpc) is 2.35. The maximum Gasteiger partial charge on any atom is 0.142 e. The molecule has 1 N–H and O–H groups in total. The Kier molecular flexibility index (Phi) is 2.73. The Hall–Kier alpha value is -1.18. The van der Waals surface area contributed by atoms with Crippen molar-refractivity contribution in [1.29, 1.82) is 0 Å². The van der Waals surface area contributed by atoms with Crippen LogP contribution >= 0.6 is 0 Å². The normalized spacial score (nSPS) is 26.8. The summed E-state index contributed by atoms with van der Waals surface area (Å²) in [5, 5.41) is 3.67. The third-order valence-corrected chi connectivity index (χ3v) is 3.99. The lowest BCUT2D eigenvalue weighted by atomic mass is 9.90. The van der Waals surface area contributed by atoms with E-state index in [1.165, 1.54) is 36.9 Å². The fraction of sp³-hybridized carbons (Fsp3) is 0.600. The van der Waals surface area contributed by atoms with Crippen LogP contribution in [0.1, 0.15) is 51.0 Å². The van der Waals surface area contributed by atoms with E-state index >= 15 is 0 Å². The predicted molar refractivity (Wildman–Crippen MR) is 70.8 cm³/mol. The summed E-state index contributed by atoms with van der Waals surface area (Å²) >= 11 is 0. The highest BCUT2D eigenvalue weighted by Gasteiger charge is 2.31. The number of fused-ring (bicyclic) bond motifs is 2. The van der Waals surface area contributed by atoms with E-state index in [2.05, 4.69) is 37.4 Å². The summed E-state index contributed by atoms with van der Waals surface area (Å²) in [7, 11) is 0. The molecule has 2 unspecified atom stereocenters. The molecule has 1 aromatic carbocycles. The molecule has 0 radical (unpaired) electrons. The number of ether oxygens (including phenoxy) is 1. The minimum Gasteiger partial charge on any atom is -0.486 e. The van der Waals surface area contributed by atoms with Crippen molar-refractivity contribution in [2.24, 2.45) is 0 Å². The summed E-state index contributed by atoms with van der Waals surface area (Å²) < 4.78 is 6.11. The van der Waals surface area contributed by atoms with Gasteiger partial charge in [0.1, 0.15) is 11.9 Å². The Morgan fingerprint density at radius 2 is 2.06 bits per heavy atom. The minimum absolute atomic E-state index is 0.390. The maximum atomic E-state index is 6.11. The number of anilines is 1. The Morgan fingerprint density at radius 1 is 1.24 bits per heavy atom. The molecule has 1 heterocycles. The van der Waals surface area contributed by atoms with Crippen molar-refractivity contribution in [2.75, 3.05) is 5.32 Å². The molecular weight excluding hydrogens is 210 g/mol. The van der Waals surface area contributed by atoms with E-state index in [1.54, 1.807) is 0 Å². The van der Waals surface area contributed by atoms with Crippen LogP contribution in [0.5, 0.6) is 5.75 Å². The molecule has 1 aromatic rings. The quantitative estimate of drug-likeness (QED) is 0.790. The van der Waals surface area contributed by atoms with E-state index in [0.717, 1.165) is 5.75 Å².